The van der Waals surface area contributed by atoms with Crippen molar-refractivity contribution in [2.75, 3.05) is 19.0 Å². The van der Waals surface area contributed by atoms with Crippen molar-refractivity contribution in [3.8, 4) is 0 Å². The number of benzene rings is 1. The van der Waals surface area contributed by atoms with Crippen molar-refractivity contribution in [1.29, 1.82) is 0 Å². The Labute approximate surface area is 122 Å². The predicted octanol–water partition coefficient (Wildman–Crippen LogP) is 2.06. The maximum absolute atomic E-state index is 12.1. The van der Waals surface area contributed by atoms with Crippen LogP contribution in [-0.4, -0.2) is 31.6 Å². The molecule has 6 heteroatoms. The van der Waals surface area contributed by atoms with Gasteiger partial charge in [-0.2, -0.15) is 0 Å². The molecule has 0 saturated carbocycles. The molecule has 2 rings (SSSR count). The molecule has 0 unspecified atom stereocenters. The standard InChI is InChI=1S/C14H17ClN2O3/c1-8-5-6-20-12(8)14(19)17-11-4-3-9(7-10(11)15)13(18)16-2/h3-4,7-8,12H,5-6H2,1-2H3,(H,16,18)(H,17,19)/t8-,12-/m0/s1. The molecule has 1 aliphatic heterocycles. The molecule has 0 bridgehead atoms. The lowest BCUT2D eigenvalue weighted by Gasteiger charge is -2.15. The Morgan fingerprint density at radius 2 is 2.15 bits per heavy atom. The van der Waals surface area contributed by atoms with Gasteiger partial charge in [-0.3, -0.25) is 9.59 Å². The Morgan fingerprint density at radius 3 is 2.70 bits per heavy atom. The van der Waals surface area contributed by atoms with Gasteiger partial charge in [-0.1, -0.05) is 18.5 Å². The first-order valence-corrected chi connectivity index (χ1v) is 6.85. The molecule has 1 aromatic carbocycles. The van der Waals surface area contributed by atoms with E-state index in [-0.39, 0.29) is 17.7 Å². The van der Waals surface area contributed by atoms with Crippen LogP contribution in [0, 0.1) is 5.92 Å². The van der Waals surface area contributed by atoms with Crippen molar-refractivity contribution < 1.29 is 14.3 Å². The summed E-state index contributed by atoms with van der Waals surface area (Å²) in [5.41, 5.74) is 0.924. The van der Waals surface area contributed by atoms with Gasteiger partial charge in [0.15, 0.2) is 0 Å². The fourth-order valence-electron chi connectivity index (χ4n) is 2.14. The van der Waals surface area contributed by atoms with Gasteiger partial charge >= 0.3 is 0 Å². The van der Waals surface area contributed by atoms with Gasteiger partial charge in [0.2, 0.25) is 0 Å². The Bertz CT molecular complexity index is 533. The van der Waals surface area contributed by atoms with Crippen molar-refractivity contribution in [1.82, 2.24) is 5.32 Å². The van der Waals surface area contributed by atoms with Gasteiger partial charge < -0.3 is 15.4 Å². The molecule has 5 nitrogen and oxygen atoms in total. The first-order chi connectivity index (χ1) is 9.52. The number of nitrogens with one attached hydrogen (secondary N) is 2. The predicted molar refractivity (Wildman–Crippen MR) is 77.0 cm³/mol. The lowest BCUT2D eigenvalue weighted by molar-refractivity contribution is -0.126. The molecule has 1 heterocycles. The third-order valence-corrected chi connectivity index (χ3v) is 3.67. The number of carbonyl (C=O) groups is 2. The van der Waals surface area contributed by atoms with Crippen LogP contribution in [0.15, 0.2) is 18.2 Å². The maximum Gasteiger partial charge on any atom is 0.253 e. The minimum absolute atomic E-state index is 0.193. The highest BCUT2D eigenvalue weighted by Crippen LogP contribution is 2.26. The van der Waals surface area contributed by atoms with Crippen LogP contribution in [0.25, 0.3) is 0 Å². The van der Waals surface area contributed by atoms with E-state index in [1.165, 1.54) is 6.07 Å². The van der Waals surface area contributed by atoms with E-state index < -0.39 is 6.10 Å². The lowest BCUT2D eigenvalue weighted by Crippen LogP contribution is -2.31. The van der Waals surface area contributed by atoms with Crippen LogP contribution in [0.4, 0.5) is 5.69 Å². The molecule has 20 heavy (non-hydrogen) atoms. The normalized spacial score (nSPS) is 21.6. The van der Waals surface area contributed by atoms with Gasteiger partial charge in [-0.05, 0) is 30.5 Å². The van der Waals surface area contributed by atoms with Crippen molar-refractivity contribution >= 4 is 29.1 Å². The summed E-state index contributed by atoms with van der Waals surface area (Å²) in [4.78, 5) is 23.6. The number of ether oxygens (including phenoxy) is 1. The number of anilines is 1. The van der Waals surface area contributed by atoms with Gasteiger partial charge in [0, 0.05) is 19.2 Å². The second-order valence-corrected chi connectivity index (χ2v) is 5.23. The second-order valence-electron chi connectivity index (χ2n) is 4.82. The minimum Gasteiger partial charge on any atom is -0.368 e. The first kappa shape index (κ1) is 14.8. The average molecular weight is 297 g/mol. The fraction of sp³-hybridized carbons (Fsp3) is 0.429. The number of halogens is 1. The first-order valence-electron chi connectivity index (χ1n) is 6.47. The van der Waals surface area contributed by atoms with Crippen molar-refractivity contribution in [3.05, 3.63) is 28.8 Å². The highest BCUT2D eigenvalue weighted by atomic mass is 35.5. The van der Waals surface area contributed by atoms with Crippen LogP contribution in [0.5, 0.6) is 0 Å². The van der Waals surface area contributed by atoms with E-state index in [1.54, 1.807) is 19.2 Å². The van der Waals surface area contributed by atoms with E-state index in [2.05, 4.69) is 10.6 Å². The number of carbonyl (C=O) groups excluding carboxylic acids is 2. The zero-order valence-electron chi connectivity index (χ0n) is 11.4. The molecule has 108 valence electrons. The zero-order chi connectivity index (χ0) is 14.7. The summed E-state index contributed by atoms with van der Waals surface area (Å²) >= 11 is 6.08. The summed E-state index contributed by atoms with van der Waals surface area (Å²) in [5, 5.41) is 5.58. The molecule has 0 spiro atoms. The van der Waals surface area contributed by atoms with E-state index in [0.717, 1.165) is 6.42 Å². The summed E-state index contributed by atoms with van der Waals surface area (Å²) in [6.45, 7) is 2.58. The van der Waals surface area contributed by atoms with Crippen LogP contribution in [0.1, 0.15) is 23.7 Å². The average Bonchev–Trinajstić information content (AvgIpc) is 2.86. The van der Waals surface area contributed by atoms with Crippen LogP contribution < -0.4 is 10.6 Å². The number of hydrogen-bond donors (Lipinski definition) is 2. The number of hydrogen-bond acceptors (Lipinski definition) is 3. The third-order valence-electron chi connectivity index (χ3n) is 3.36. The molecule has 0 aliphatic carbocycles. The van der Waals surface area contributed by atoms with Gasteiger partial charge in [0.25, 0.3) is 11.8 Å². The molecule has 1 saturated heterocycles. The molecule has 1 aliphatic rings. The number of amides is 2. The molecule has 1 fully saturated rings. The van der Waals surface area contributed by atoms with Gasteiger partial charge in [0.05, 0.1) is 10.7 Å². The van der Waals surface area contributed by atoms with E-state index in [4.69, 9.17) is 16.3 Å². The topological polar surface area (TPSA) is 67.4 Å². The quantitative estimate of drug-likeness (QED) is 0.897. The summed E-state index contributed by atoms with van der Waals surface area (Å²) in [5.74, 6) is -0.235. The third kappa shape index (κ3) is 3.11. The van der Waals surface area contributed by atoms with Crippen LogP contribution in [-0.2, 0) is 9.53 Å². The zero-order valence-corrected chi connectivity index (χ0v) is 12.2. The molecule has 0 radical (unpaired) electrons. The molecule has 2 N–H and O–H groups in total. The van der Waals surface area contributed by atoms with Gasteiger partial charge in [-0.15, -0.1) is 0 Å². The van der Waals surface area contributed by atoms with E-state index >= 15 is 0 Å². The monoisotopic (exact) mass is 296 g/mol. The molecule has 1 aromatic rings. The van der Waals surface area contributed by atoms with Crippen LogP contribution in [0.3, 0.4) is 0 Å². The molecular weight excluding hydrogens is 280 g/mol. The molecule has 0 aromatic heterocycles. The summed E-state index contributed by atoms with van der Waals surface area (Å²) in [6, 6.07) is 4.75. The largest absolute Gasteiger partial charge is 0.368 e. The summed E-state index contributed by atoms with van der Waals surface area (Å²) in [6.07, 6.45) is 0.436. The van der Waals surface area contributed by atoms with Crippen molar-refractivity contribution in [2.24, 2.45) is 5.92 Å². The molecule has 2 atom stereocenters. The molecule has 2 amide bonds. The van der Waals surface area contributed by atoms with Gasteiger partial charge in [-0.25, -0.2) is 0 Å². The SMILES string of the molecule is CNC(=O)c1ccc(NC(=O)[C@H]2OCC[C@@H]2C)c(Cl)c1. The lowest BCUT2D eigenvalue weighted by atomic mass is 10.0. The second kappa shape index (κ2) is 6.24. The smallest absolute Gasteiger partial charge is 0.253 e. The van der Waals surface area contributed by atoms with Gasteiger partial charge in [0.1, 0.15) is 6.10 Å². The maximum atomic E-state index is 12.1. The summed E-state index contributed by atoms with van der Waals surface area (Å²) in [7, 11) is 1.55. The van der Waals surface area contributed by atoms with Crippen LogP contribution >= 0.6 is 11.6 Å². The summed E-state index contributed by atoms with van der Waals surface area (Å²) < 4.78 is 5.40. The minimum atomic E-state index is -0.440. The van der Waals surface area contributed by atoms with E-state index in [1.807, 2.05) is 6.92 Å². The van der Waals surface area contributed by atoms with Crippen molar-refractivity contribution in [2.45, 2.75) is 19.4 Å². The molecular formula is C14H17ClN2O3. The highest BCUT2D eigenvalue weighted by Gasteiger charge is 2.31. The Morgan fingerprint density at radius 1 is 1.40 bits per heavy atom. The van der Waals surface area contributed by atoms with Crippen molar-refractivity contribution in [3.63, 3.8) is 0 Å². The fourth-order valence-corrected chi connectivity index (χ4v) is 2.36. The van der Waals surface area contributed by atoms with Crippen LogP contribution in [0.2, 0.25) is 5.02 Å². The Kier molecular flexibility index (Phi) is 4.62. The Balaban J connectivity index is 2.10. The number of rotatable bonds is 3. The Hall–Kier alpha value is -1.59. The van der Waals surface area contributed by atoms with E-state index in [9.17, 15) is 9.59 Å². The highest BCUT2D eigenvalue weighted by molar-refractivity contribution is 6.34. The van der Waals surface area contributed by atoms with E-state index in [0.29, 0.717) is 22.9 Å².